The molecule has 1 saturated carbocycles. The lowest BCUT2D eigenvalue weighted by molar-refractivity contribution is -0.161. The monoisotopic (exact) mass is 664 g/mol. The number of esters is 2. The van der Waals surface area contributed by atoms with E-state index >= 15 is 0 Å². The molecular weight excluding hydrogens is 596 g/mol. The maximum absolute atomic E-state index is 12.4. The van der Waals surface area contributed by atoms with Crippen molar-refractivity contribution in [1.82, 2.24) is 0 Å². The number of ketones is 1. The van der Waals surface area contributed by atoms with Crippen LogP contribution in [-0.2, 0) is 23.9 Å². The summed E-state index contributed by atoms with van der Waals surface area (Å²) in [6.45, 7) is 6.11. The van der Waals surface area contributed by atoms with E-state index in [2.05, 4.69) is 20.8 Å². The molecule has 1 aliphatic carbocycles. The zero-order valence-corrected chi connectivity index (χ0v) is 29.9. The van der Waals surface area contributed by atoms with Gasteiger partial charge in [0.25, 0.3) is 0 Å². The lowest BCUT2D eigenvalue weighted by Crippen LogP contribution is -2.28. The van der Waals surface area contributed by atoms with Crippen LogP contribution in [0.1, 0.15) is 156 Å². The molecule has 8 nitrogen and oxygen atoms in total. The average molecular weight is 665 g/mol. The van der Waals surface area contributed by atoms with Gasteiger partial charge in [0.15, 0.2) is 6.10 Å². The molecular formula is C39H68O8. The van der Waals surface area contributed by atoms with Gasteiger partial charge in [-0.1, -0.05) is 129 Å². The molecule has 0 heterocycles. The third kappa shape index (κ3) is 22.3. The molecule has 1 aliphatic rings. The second kappa shape index (κ2) is 27.9. The Morgan fingerprint density at radius 1 is 0.851 bits per heavy atom. The molecule has 0 spiro atoms. The highest BCUT2D eigenvalue weighted by atomic mass is 16.6. The number of Topliss-reactive ketones (excluding diaryl/α,β-unsaturated/α-hetero) is 1. The predicted molar refractivity (Wildman–Crippen MR) is 188 cm³/mol. The van der Waals surface area contributed by atoms with E-state index < -0.39 is 30.9 Å². The molecule has 0 aliphatic heterocycles. The Hall–Kier alpha value is -2.03. The number of aliphatic hydroxyl groups is 3. The maximum Gasteiger partial charge on any atom is 0.306 e. The number of carbonyl (C=O) groups is 3. The number of unbranched alkanes of at least 4 members (excludes halogenated alkanes) is 12. The highest BCUT2D eigenvalue weighted by Crippen LogP contribution is 2.33. The Bertz CT molecular complexity index is 882. The number of carbonyl (C=O) groups excluding carboxylic acids is 3. The molecule has 0 aromatic carbocycles. The van der Waals surface area contributed by atoms with Crippen LogP contribution in [0.3, 0.4) is 0 Å². The number of aliphatic hydroxyl groups excluding tert-OH is 3. The topological polar surface area (TPSA) is 130 Å². The van der Waals surface area contributed by atoms with Crippen LogP contribution in [0.2, 0.25) is 0 Å². The van der Waals surface area contributed by atoms with Gasteiger partial charge in [-0.3, -0.25) is 14.4 Å². The standard InChI is InChI=1S/C39H68O8/c1-4-5-16-22-32(41)26-27-35-34(36(42)28-37(35)43)23-18-14-15-19-24-38(44)46-30-33(29-40)47-39(45)25-20-13-11-9-7-6-8-10-12-17-21-31(2)3/h14,18,26-27,31-35,37,40-41,43H,4-13,15-17,19-25,28-30H2,1-3H3/b18-14-,27-26+/t32-,33-,34+,35+,37+/m0/s1. The first kappa shape index (κ1) is 43.0. The van der Waals surface area contributed by atoms with E-state index in [-0.39, 0.29) is 43.0 Å². The minimum atomic E-state index is -0.856. The lowest BCUT2D eigenvalue weighted by Gasteiger charge is -2.16. The summed E-state index contributed by atoms with van der Waals surface area (Å²) in [6, 6.07) is 0. The molecule has 0 aromatic rings. The molecule has 1 fully saturated rings. The zero-order chi connectivity index (χ0) is 34.7. The van der Waals surface area contributed by atoms with Crippen LogP contribution in [0.4, 0.5) is 0 Å². The molecule has 0 unspecified atom stereocenters. The summed E-state index contributed by atoms with van der Waals surface area (Å²) in [5, 5.41) is 30.1. The largest absolute Gasteiger partial charge is 0.462 e. The fourth-order valence-corrected chi connectivity index (χ4v) is 6.07. The Morgan fingerprint density at radius 2 is 1.47 bits per heavy atom. The van der Waals surface area contributed by atoms with Crippen LogP contribution in [0.15, 0.2) is 24.3 Å². The van der Waals surface area contributed by atoms with E-state index in [0.717, 1.165) is 44.4 Å². The minimum absolute atomic E-state index is 0.0314. The van der Waals surface area contributed by atoms with Gasteiger partial charge in [-0.25, -0.2) is 0 Å². The molecule has 0 amide bonds. The normalized spacial score (nSPS) is 19.6. The third-order valence-electron chi connectivity index (χ3n) is 9.04. The van der Waals surface area contributed by atoms with E-state index in [0.29, 0.717) is 32.1 Å². The van der Waals surface area contributed by atoms with Gasteiger partial charge in [0.2, 0.25) is 0 Å². The predicted octanol–water partition coefficient (Wildman–Crippen LogP) is 7.95. The number of allylic oxidation sites excluding steroid dienone is 2. The number of hydrogen-bond donors (Lipinski definition) is 3. The Kier molecular flexibility index (Phi) is 25.5. The highest BCUT2D eigenvalue weighted by Gasteiger charge is 2.39. The molecule has 47 heavy (non-hydrogen) atoms. The molecule has 272 valence electrons. The Balaban J connectivity index is 2.15. The third-order valence-corrected chi connectivity index (χ3v) is 9.04. The van der Waals surface area contributed by atoms with Gasteiger partial charge in [0.05, 0.1) is 18.8 Å². The van der Waals surface area contributed by atoms with E-state index in [4.69, 9.17) is 9.47 Å². The molecule has 0 saturated heterocycles. The van der Waals surface area contributed by atoms with Crippen molar-refractivity contribution in [1.29, 1.82) is 0 Å². The van der Waals surface area contributed by atoms with Gasteiger partial charge in [0.1, 0.15) is 12.4 Å². The molecule has 1 rings (SSSR count). The average Bonchev–Trinajstić information content (AvgIpc) is 3.31. The maximum atomic E-state index is 12.4. The number of rotatable bonds is 29. The Morgan fingerprint density at radius 3 is 2.11 bits per heavy atom. The van der Waals surface area contributed by atoms with Crippen LogP contribution in [0, 0.1) is 17.8 Å². The second-order valence-corrected chi connectivity index (χ2v) is 13.9. The van der Waals surface area contributed by atoms with Crippen LogP contribution in [0.25, 0.3) is 0 Å². The van der Waals surface area contributed by atoms with Crippen LogP contribution in [0.5, 0.6) is 0 Å². The van der Waals surface area contributed by atoms with Crippen molar-refractivity contribution in [2.45, 2.75) is 174 Å². The second-order valence-electron chi connectivity index (χ2n) is 13.9. The zero-order valence-electron chi connectivity index (χ0n) is 29.9. The van der Waals surface area contributed by atoms with Crippen molar-refractivity contribution in [2.75, 3.05) is 13.2 Å². The van der Waals surface area contributed by atoms with Gasteiger partial charge < -0.3 is 24.8 Å². The summed E-state index contributed by atoms with van der Waals surface area (Å²) >= 11 is 0. The fraction of sp³-hybridized carbons (Fsp3) is 0.821. The van der Waals surface area contributed by atoms with E-state index in [9.17, 15) is 29.7 Å². The van der Waals surface area contributed by atoms with Crippen molar-refractivity contribution in [3.63, 3.8) is 0 Å². The first-order chi connectivity index (χ1) is 22.7. The molecule has 0 aromatic heterocycles. The summed E-state index contributed by atoms with van der Waals surface area (Å²) in [7, 11) is 0. The quantitative estimate of drug-likeness (QED) is 0.0417. The van der Waals surface area contributed by atoms with Crippen molar-refractivity contribution in [3.8, 4) is 0 Å². The van der Waals surface area contributed by atoms with Crippen LogP contribution in [-0.4, -0.2) is 64.6 Å². The van der Waals surface area contributed by atoms with Crippen LogP contribution < -0.4 is 0 Å². The van der Waals surface area contributed by atoms with Gasteiger partial charge >= 0.3 is 11.9 Å². The first-order valence-electron chi connectivity index (χ1n) is 18.9. The van der Waals surface area contributed by atoms with E-state index in [1.165, 1.54) is 51.4 Å². The van der Waals surface area contributed by atoms with Crippen molar-refractivity contribution in [2.24, 2.45) is 17.8 Å². The molecule has 0 bridgehead atoms. The Labute approximate surface area is 285 Å². The minimum Gasteiger partial charge on any atom is -0.462 e. The number of ether oxygens (including phenoxy) is 2. The van der Waals surface area contributed by atoms with Crippen molar-refractivity contribution >= 4 is 17.7 Å². The summed E-state index contributed by atoms with van der Waals surface area (Å²) in [6.07, 6.45) is 24.6. The van der Waals surface area contributed by atoms with Gasteiger partial charge in [-0.2, -0.15) is 0 Å². The van der Waals surface area contributed by atoms with Crippen LogP contribution >= 0.6 is 0 Å². The summed E-state index contributed by atoms with van der Waals surface area (Å²) in [5.41, 5.74) is 0. The fourth-order valence-electron chi connectivity index (χ4n) is 6.07. The smallest absolute Gasteiger partial charge is 0.306 e. The number of hydrogen-bond acceptors (Lipinski definition) is 8. The molecule has 3 N–H and O–H groups in total. The van der Waals surface area contributed by atoms with Gasteiger partial charge in [0, 0.05) is 31.1 Å². The van der Waals surface area contributed by atoms with Gasteiger partial charge in [-0.15, -0.1) is 0 Å². The molecule has 8 heteroatoms. The molecule has 0 radical (unpaired) electrons. The molecule has 5 atom stereocenters. The first-order valence-corrected chi connectivity index (χ1v) is 18.9. The van der Waals surface area contributed by atoms with E-state index in [1.54, 1.807) is 12.2 Å². The summed E-state index contributed by atoms with van der Waals surface area (Å²) in [4.78, 5) is 36.8. The van der Waals surface area contributed by atoms with Gasteiger partial charge in [-0.05, 0) is 38.0 Å². The summed E-state index contributed by atoms with van der Waals surface area (Å²) in [5.74, 6) is -0.566. The van der Waals surface area contributed by atoms with Crippen molar-refractivity contribution in [3.05, 3.63) is 24.3 Å². The van der Waals surface area contributed by atoms with E-state index in [1.807, 2.05) is 12.2 Å². The highest BCUT2D eigenvalue weighted by molar-refractivity contribution is 5.84. The summed E-state index contributed by atoms with van der Waals surface area (Å²) < 4.78 is 10.5. The lowest BCUT2D eigenvalue weighted by atomic mass is 9.90. The SMILES string of the molecule is CCCCC[C@H](O)/C=C/[C@H]1[C@H](O)CC(=O)[C@@H]1C/C=C\CCCC(=O)OC[C@H](CO)OC(=O)CCCCCCCCCCCCC(C)C. The van der Waals surface area contributed by atoms with Crippen molar-refractivity contribution < 1.29 is 39.2 Å².